The number of nitrogens with one attached hydrogen (secondary N) is 1. The van der Waals surface area contributed by atoms with Gasteiger partial charge in [-0.05, 0) is 51.5 Å². The van der Waals surface area contributed by atoms with Crippen LogP contribution in [0.15, 0.2) is 29.6 Å². The summed E-state index contributed by atoms with van der Waals surface area (Å²) >= 11 is 1.39. The fourth-order valence-electron chi connectivity index (χ4n) is 2.17. The average molecular weight is 362 g/mol. The number of ether oxygens (including phenoxy) is 1. The summed E-state index contributed by atoms with van der Waals surface area (Å²) in [4.78, 5) is 27.1. The molecule has 0 saturated carbocycles. The Balaban J connectivity index is 1.99. The van der Waals surface area contributed by atoms with Gasteiger partial charge in [0.1, 0.15) is 16.5 Å². The van der Waals surface area contributed by atoms with Gasteiger partial charge in [-0.25, -0.2) is 4.98 Å². The number of carboxylic acid groups (broad SMARTS) is 1. The van der Waals surface area contributed by atoms with E-state index in [0.29, 0.717) is 12.1 Å². The average Bonchev–Trinajstić information content (AvgIpc) is 3.03. The van der Waals surface area contributed by atoms with E-state index in [9.17, 15) is 9.59 Å². The highest BCUT2D eigenvalue weighted by atomic mass is 32.1. The van der Waals surface area contributed by atoms with Gasteiger partial charge in [0.25, 0.3) is 5.91 Å². The molecular formula is C18H22N2O4S. The first kappa shape index (κ1) is 18.9. The van der Waals surface area contributed by atoms with Gasteiger partial charge in [-0.15, -0.1) is 11.3 Å². The van der Waals surface area contributed by atoms with Crippen molar-refractivity contribution in [1.29, 1.82) is 0 Å². The number of carbonyl (C=O) groups excluding carboxylic acids is 1. The van der Waals surface area contributed by atoms with Gasteiger partial charge in [-0.2, -0.15) is 0 Å². The summed E-state index contributed by atoms with van der Waals surface area (Å²) in [6, 6.07) is 7.36. The first-order chi connectivity index (χ1) is 11.8. The maximum atomic E-state index is 12.2. The molecule has 7 heteroatoms. The molecule has 0 bridgehead atoms. The van der Waals surface area contributed by atoms with E-state index in [1.54, 1.807) is 12.3 Å². The summed E-state index contributed by atoms with van der Waals surface area (Å²) in [5.41, 5.74) is 1.25. The molecule has 0 aliphatic heterocycles. The van der Waals surface area contributed by atoms with E-state index in [-0.39, 0.29) is 24.5 Å². The molecule has 0 saturated heterocycles. The Bertz CT molecular complexity index is 725. The van der Waals surface area contributed by atoms with Crippen LogP contribution >= 0.6 is 11.3 Å². The number of rotatable bonds is 8. The Morgan fingerprint density at radius 1 is 1.24 bits per heavy atom. The summed E-state index contributed by atoms with van der Waals surface area (Å²) in [7, 11) is 0. The van der Waals surface area contributed by atoms with Gasteiger partial charge in [0, 0.05) is 23.4 Å². The molecule has 1 aromatic carbocycles. The number of carboxylic acids is 1. The lowest BCUT2D eigenvalue weighted by atomic mass is 10.2. The Morgan fingerprint density at radius 2 is 1.92 bits per heavy atom. The van der Waals surface area contributed by atoms with Crippen molar-refractivity contribution >= 4 is 23.2 Å². The maximum absolute atomic E-state index is 12.2. The fourth-order valence-corrected chi connectivity index (χ4v) is 2.97. The van der Waals surface area contributed by atoms with E-state index in [0.717, 1.165) is 16.3 Å². The summed E-state index contributed by atoms with van der Waals surface area (Å²) < 4.78 is 5.61. The molecule has 2 rings (SSSR count). The van der Waals surface area contributed by atoms with E-state index in [2.05, 4.69) is 10.3 Å². The molecule has 2 aromatic rings. The Morgan fingerprint density at radius 3 is 2.52 bits per heavy atom. The lowest BCUT2D eigenvalue weighted by Crippen LogP contribution is -2.33. The number of thiazole rings is 1. The number of aromatic nitrogens is 1. The molecule has 1 atom stereocenters. The Labute approximate surface area is 150 Å². The molecule has 0 spiro atoms. The molecule has 0 radical (unpaired) electrons. The van der Waals surface area contributed by atoms with Crippen LogP contribution in [0, 0.1) is 0 Å². The molecular weight excluding hydrogens is 340 g/mol. The highest BCUT2D eigenvalue weighted by Crippen LogP contribution is 2.26. The molecule has 1 aromatic heterocycles. The molecule has 1 heterocycles. The predicted octanol–water partition coefficient (Wildman–Crippen LogP) is 3.58. The molecule has 134 valence electrons. The van der Waals surface area contributed by atoms with Crippen LogP contribution in [0.3, 0.4) is 0 Å². The summed E-state index contributed by atoms with van der Waals surface area (Å²) in [5.74, 6) is -0.373. The summed E-state index contributed by atoms with van der Waals surface area (Å²) in [6.07, 6.45) is 0.522. The first-order valence-electron chi connectivity index (χ1n) is 8.10. The van der Waals surface area contributed by atoms with Crippen LogP contribution in [0.4, 0.5) is 0 Å². The lowest BCUT2D eigenvalue weighted by molar-refractivity contribution is -0.137. The summed E-state index contributed by atoms with van der Waals surface area (Å²) in [5, 5.41) is 13.9. The number of aliphatic carboxylic acids is 1. The fraction of sp³-hybridized carbons (Fsp3) is 0.389. The van der Waals surface area contributed by atoms with Crippen LogP contribution in [0.2, 0.25) is 0 Å². The van der Waals surface area contributed by atoms with Gasteiger partial charge in [0.15, 0.2) is 0 Å². The van der Waals surface area contributed by atoms with Crippen molar-refractivity contribution in [1.82, 2.24) is 10.3 Å². The zero-order valence-corrected chi connectivity index (χ0v) is 15.3. The predicted molar refractivity (Wildman–Crippen MR) is 97.1 cm³/mol. The van der Waals surface area contributed by atoms with Crippen molar-refractivity contribution in [2.24, 2.45) is 0 Å². The molecule has 1 unspecified atom stereocenters. The van der Waals surface area contributed by atoms with Crippen molar-refractivity contribution in [3.63, 3.8) is 0 Å². The topological polar surface area (TPSA) is 88.5 Å². The molecule has 25 heavy (non-hydrogen) atoms. The van der Waals surface area contributed by atoms with E-state index in [1.165, 1.54) is 11.3 Å². The smallest absolute Gasteiger partial charge is 0.303 e. The number of hydrogen-bond acceptors (Lipinski definition) is 5. The Hall–Kier alpha value is -2.41. The molecule has 0 fully saturated rings. The number of carbonyl (C=O) groups is 2. The molecule has 0 aliphatic rings. The Kier molecular flexibility index (Phi) is 6.52. The second-order valence-corrected chi connectivity index (χ2v) is 6.89. The number of benzene rings is 1. The van der Waals surface area contributed by atoms with Crippen LogP contribution in [-0.4, -0.2) is 34.1 Å². The zero-order chi connectivity index (χ0) is 18.4. The first-order valence-corrected chi connectivity index (χ1v) is 8.98. The van der Waals surface area contributed by atoms with Gasteiger partial charge in [0.2, 0.25) is 0 Å². The van der Waals surface area contributed by atoms with Crippen molar-refractivity contribution in [3.8, 4) is 16.3 Å². The van der Waals surface area contributed by atoms with E-state index in [4.69, 9.17) is 9.84 Å². The normalized spacial score (nSPS) is 12.0. The number of amides is 1. The minimum absolute atomic E-state index is 0.0224. The van der Waals surface area contributed by atoms with Crippen molar-refractivity contribution in [3.05, 3.63) is 35.3 Å². The third-order valence-electron chi connectivity index (χ3n) is 3.38. The largest absolute Gasteiger partial charge is 0.491 e. The number of hydrogen-bond donors (Lipinski definition) is 2. The van der Waals surface area contributed by atoms with Crippen LogP contribution in [0.1, 0.15) is 44.1 Å². The van der Waals surface area contributed by atoms with Gasteiger partial charge in [0.05, 0.1) is 6.10 Å². The van der Waals surface area contributed by atoms with E-state index < -0.39 is 5.97 Å². The van der Waals surface area contributed by atoms with Crippen LogP contribution in [0.25, 0.3) is 10.6 Å². The SMILES string of the molecule is CC(CCC(=O)O)NC(=O)c1csc(-c2ccc(OC(C)C)cc2)n1. The second kappa shape index (κ2) is 8.62. The molecule has 1 amide bonds. The van der Waals surface area contributed by atoms with Gasteiger partial charge in [-0.1, -0.05) is 0 Å². The third-order valence-corrected chi connectivity index (χ3v) is 4.27. The third kappa shape index (κ3) is 5.86. The zero-order valence-electron chi connectivity index (χ0n) is 14.5. The van der Waals surface area contributed by atoms with E-state index >= 15 is 0 Å². The second-order valence-electron chi connectivity index (χ2n) is 6.04. The van der Waals surface area contributed by atoms with Crippen molar-refractivity contribution in [2.45, 2.75) is 45.8 Å². The highest BCUT2D eigenvalue weighted by Gasteiger charge is 2.15. The van der Waals surface area contributed by atoms with Crippen molar-refractivity contribution in [2.75, 3.05) is 0 Å². The molecule has 0 aliphatic carbocycles. The standard InChI is InChI=1S/C18H22N2O4S/c1-11(2)24-14-7-5-13(6-8-14)18-20-15(10-25-18)17(23)19-12(3)4-9-16(21)22/h5-8,10-12H,4,9H2,1-3H3,(H,19,23)(H,21,22). The quantitative estimate of drug-likeness (QED) is 0.749. The lowest BCUT2D eigenvalue weighted by Gasteiger charge is -2.11. The minimum atomic E-state index is -0.873. The van der Waals surface area contributed by atoms with Gasteiger partial charge < -0.3 is 15.2 Å². The monoisotopic (exact) mass is 362 g/mol. The van der Waals surface area contributed by atoms with Crippen LogP contribution in [0.5, 0.6) is 5.75 Å². The molecule has 6 nitrogen and oxygen atoms in total. The van der Waals surface area contributed by atoms with E-state index in [1.807, 2.05) is 38.1 Å². The number of nitrogens with zero attached hydrogens (tertiary/aromatic N) is 1. The molecule has 2 N–H and O–H groups in total. The minimum Gasteiger partial charge on any atom is -0.491 e. The van der Waals surface area contributed by atoms with Crippen LogP contribution in [-0.2, 0) is 4.79 Å². The van der Waals surface area contributed by atoms with Gasteiger partial charge in [-0.3, -0.25) is 9.59 Å². The van der Waals surface area contributed by atoms with Gasteiger partial charge >= 0.3 is 5.97 Å². The van der Waals surface area contributed by atoms with Crippen molar-refractivity contribution < 1.29 is 19.4 Å². The highest BCUT2D eigenvalue weighted by molar-refractivity contribution is 7.13. The van der Waals surface area contributed by atoms with Crippen LogP contribution < -0.4 is 10.1 Å². The maximum Gasteiger partial charge on any atom is 0.303 e. The summed E-state index contributed by atoms with van der Waals surface area (Å²) in [6.45, 7) is 5.72.